The lowest BCUT2D eigenvalue weighted by Gasteiger charge is -2.42. The number of aryl methyl sites for hydroxylation is 1. The quantitative estimate of drug-likeness (QED) is 0.384. The van der Waals surface area contributed by atoms with E-state index in [1.807, 2.05) is 19.2 Å². The zero-order valence-electron chi connectivity index (χ0n) is 24.8. The molecule has 10 nitrogen and oxygen atoms in total. The number of pyridine rings is 1. The van der Waals surface area contributed by atoms with Gasteiger partial charge >= 0.3 is 6.01 Å². The number of carbonyl (C=O) groups is 1. The van der Waals surface area contributed by atoms with Crippen molar-refractivity contribution in [2.24, 2.45) is 0 Å². The van der Waals surface area contributed by atoms with Gasteiger partial charge in [-0.1, -0.05) is 18.7 Å². The van der Waals surface area contributed by atoms with Gasteiger partial charge in [-0.15, -0.1) is 0 Å². The van der Waals surface area contributed by atoms with Crippen molar-refractivity contribution >= 4 is 28.2 Å². The topological polar surface area (TPSA) is 102 Å². The van der Waals surface area contributed by atoms with E-state index in [1.165, 1.54) is 4.90 Å². The molecule has 6 rings (SSSR count). The number of ether oxygens (including phenoxy) is 1. The molecule has 3 aliphatic heterocycles. The first-order chi connectivity index (χ1) is 20.8. The number of nitriles is 1. The van der Waals surface area contributed by atoms with Crippen molar-refractivity contribution < 1.29 is 13.9 Å². The Kier molecular flexibility index (Phi) is 8.13. The molecule has 2 saturated heterocycles. The third kappa shape index (κ3) is 5.71. The number of anilines is 2. The molecule has 224 valence electrons. The van der Waals surface area contributed by atoms with Crippen LogP contribution < -0.4 is 14.5 Å². The number of hydrogen-bond donors (Lipinski definition) is 0. The first-order valence-corrected chi connectivity index (χ1v) is 14.9. The number of likely N-dealkylation sites (N-methyl/N-ethyl adjacent to an activating group) is 1. The maximum atomic E-state index is 13.8. The van der Waals surface area contributed by atoms with E-state index >= 15 is 0 Å². The van der Waals surface area contributed by atoms with Crippen LogP contribution in [-0.4, -0.2) is 89.1 Å². The molecule has 3 aromatic rings. The SMILES string of the molecule is C=C(F)C(=O)N1CCN(c2nc(OCC3CCCN3C)nc3c2CCN(c2cccc4ccnc(C)c24)C3)CC1CC#N. The van der Waals surface area contributed by atoms with Gasteiger partial charge in [0.05, 0.1) is 30.8 Å². The van der Waals surface area contributed by atoms with Gasteiger partial charge in [-0.05, 0) is 57.3 Å². The van der Waals surface area contributed by atoms with Crippen LogP contribution >= 0.6 is 0 Å². The van der Waals surface area contributed by atoms with Gasteiger partial charge in [-0.3, -0.25) is 9.78 Å². The highest BCUT2D eigenvalue weighted by Gasteiger charge is 2.35. The van der Waals surface area contributed by atoms with Crippen molar-refractivity contribution in [3.8, 4) is 12.1 Å². The minimum atomic E-state index is -1.01. The number of fused-ring (bicyclic) bond motifs is 2. The molecule has 3 aliphatic rings. The van der Waals surface area contributed by atoms with E-state index in [0.717, 1.165) is 71.6 Å². The molecule has 2 fully saturated rings. The average Bonchev–Trinajstić information content (AvgIpc) is 3.43. The Hall–Kier alpha value is -4.30. The number of halogens is 1. The van der Waals surface area contributed by atoms with E-state index in [-0.39, 0.29) is 13.0 Å². The van der Waals surface area contributed by atoms with E-state index in [1.54, 1.807) is 0 Å². The summed E-state index contributed by atoms with van der Waals surface area (Å²) >= 11 is 0. The van der Waals surface area contributed by atoms with E-state index in [9.17, 15) is 14.4 Å². The fraction of sp³-hybridized carbons (Fsp3) is 0.469. The first-order valence-electron chi connectivity index (χ1n) is 14.9. The predicted molar refractivity (Wildman–Crippen MR) is 163 cm³/mol. The number of piperazine rings is 1. The van der Waals surface area contributed by atoms with Crippen LogP contribution in [0.2, 0.25) is 0 Å². The number of aromatic nitrogens is 3. The summed E-state index contributed by atoms with van der Waals surface area (Å²) in [6.45, 7) is 9.21. The van der Waals surface area contributed by atoms with E-state index < -0.39 is 17.8 Å². The van der Waals surface area contributed by atoms with Gasteiger partial charge < -0.3 is 24.3 Å². The number of likely N-dealkylation sites (tertiary alicyclic amines) is 1. The van der Waals surface area contributed by atoms with Crippen LogP contribution in [0.4, 0.5) is 15.9 Å². The molecule has 2 aromatic heterocycles. The molecule has 5 heterocycles. The fourth-order valence-electron chi connectivity index (χ4n) is 6.68. The van der Waals surface area contributed by atoms with Crippen molar-refractivity contribution in [3.63, 3.8) is 0 Å². The predicted octanol–water partition coefficient (Wildman–Crippen LogP) is 3.78. The second kappa shape index (κ2) is 12.1. The van der Waals surface area contributed by atoms with Crippen molar-refractivity contribution in [3.05, 3.63) is 59.8 Å². The molecule has 1 aromatic carbocycles. The Labute approximate surface area is 251 Å². The molecular weight excluding hydrogens is 547 g/mol. The van der Waals surface area contributed by atoms with Crippen molar-refractivity contribution in [2.75, 3.05) is 56.2 Å². The number of carbonyl (C=O) groups excluding carboxylic acids is 1. The second-order valence-electron chi connectivity index (χ2n) is 11.7. The minimum Gasteiger partial charge on any atom is -0.462 e. The van der Waals surface area contributed by atoms with Crippen molar-refractivity contribution in [2.45, 2.75) is 51.2 Å². The zero-order valence-corrected chi connectivity index (χ0v) is 24.8. The van der Waals surface area contributed by atoms with Crippen molar-refractivity contribution in [1.82, 2.24) is 24.8 Å². The highest BCUT2D eigenvalue weighted by atomic mass is 19.1. The van der Waals surface area contributed by atoms with Gasteiger partial charge in [0, 0.05) is 60.7 Å². The standard InChI is InChI=1S/C32H37FN8O2/c1-21(33)31(42)41-17-16-40(18-24(41)9-12-34)30-26-11-15-39(28-8-4-6-23-10-13-35-22(2)29(23)28)19-27(26)36-32(37-30)43-20-25-7-5-14-38(25)3/h4,6,8,10,13,24-25H,1,5,7,9,11,14-20H2,2-3H3. The van der Waals surface area contributed by atoms with Gasteiger partial charge in [-0.2, -0.15) is 15.2 Å². The van der Waals surface area contributed by atoms with Crippen molar-refractivity contribution in [1.29, 1.82) is 5.26 Å². The Morgan fingerprint density at radius 2 is 2.02 bits per heavy atom. The summed E-state index contributed by atoms with van der Waals surface area (Å²) in [6, 6.07) is 10.7. The third-order valence-electron chi connectivity index (χ3n) is 9.00. The van der Waals surface area contributed by atoms with E-state index in [2.05, 4.69) is 57.6 Å². The van der Waals surface area contributed by atoms with Gasteiger partial charge in [0.15, 0.2) is 5.83 Å². The highest BCUT2D eigenvalue weighted by Crippen LogP contribution is 2.35. The summed E-state index contributed by atoms with van der Waals surface area (Å²) < 4.78 is 20.1. The van der Waals surface area contributed by atoms with Crippen LogP contribution in [0.25, 0.3) is 10.8 Å². The minimum absolute atomic E-state index is 0.0857. The normalized spacial score (nSPS) is 20.7. The van der Waals surface area contributed by atoms with Crippen LogP contribution in [0.5, 0.6) is 6.01 Å². The summed E-state index contributed by atoms with van der Waals surface area (Å²) in [5.41, 5.74) is 4.05. The maximum Gasteiger partial charge on any atom is 0.318 e. The molecule has 11 heteroatoms. The number of hydrogen-bond acceptors (Lipinski definition) is 9. The molecule has 0 radical (unpaired) electrons. The average molecular weight is 585 g/mol. The largest absolute Gasteiger partial charge is 0.462 e. The number of amides is 1. The molecule has 0 spiro atoms. The molecule has 0 bridgehead atoms. The maximum absolute atomic E-state index is 13.8. The highest BCUT2D eigenvalue weighted by molar-refractivity contribution is 5.96. The summed E-state index contributed by atoms with van der Waals surface area (Å²) in [6.07, 6.45) is 4.86. The molecule has 43 heavy (non-hydrogen) atoms. The summed E-state index contributed by atoms with van der Waals surface area (Å²) in [7, 11) is 2.11. The Balaban J connectivity index is 1.34. The summed E-state index contributed by atoms with van der Waals surface area (Å²) in [5.74, 6) is -1.00. The molecule has 0 aliphatic carbocycles. The third-order valence-corrected chi connectivity index (χ3v) is 9.00. The first kappa shape index (κ1) is 28.8. The number of nitrogens with zero attached hydrogens (tertiary/aromatic N) is 8. The van der Waals surface area contributed by atoms with Gasteiger partial charge in [0.25, 0.3) is 5.91 Å². The lowest BCUT2D eigenvalue weighted by Crippen LogP contribution is -2.55. The number of rotatable bonds is 7. The van der Waals surface area contributed by atoms with E-state index in [0.29, 0.717) is 38.3 Å². The summed E-state index contributed by atoms with van der Waals surface area (Å²) in [5, 5.41) is 11.8. The second-order valence-corrected chi connectivity index (χ2v) is 11.7. The van der Waals surface area contributed by atoms with Crippen LogP contribution in [0.1, 0.15) is 36.2 Å². The van der Waals surface area contributed by atoms with Crippen LogP contribution in [0, 0.1) is 18.3 Å². The molecular formula is C32H37FN8O2. The summed E-state index contributed by atoms with van der Waals surface area (Å²) in [4.78, 5) is 35.1. The van der Waals surface area contributed by atoms with Gasteiger partial charge in [0.2, 0.25) is 0 Å². The fourth-order valence-corrected chi connectivity index (χ4v) is 6.68. The Morgan fingerprint density at radius 3 is 2.79 bits per heavy atom. The molecule has 2 unspecified atom stereocenters. The number of benzene rings is 1. The molecule has 1 amide bonds. The zero-order chi connectivity index (χ0) is 30.1. The van der Waals surface area contributed by atoms with Crippen LogP contribution in [0.15, 0.2) is 42.9 Å². The van der Waals surface area contributed by atoms with Crippen LogP contribution in [-0.2, 0) is 17.8 Å². The lowest BCUT2D eigenvalue weighted by molar-refractivity contribution is -0.131. The molecule has 0 N–H and O–H groups in total. The Morgan fingerprint density at radius 1 is 1.16 bits per heavy atom. The van der Waals surface area contributed by atoms with E-state index in [4.69, 9.17) is 14.7 Å². The lowest BCUT2D eigenvalue weighted by atomic mass is 10.0. The van der Waals surface area contributed by atoms with Gasteiger partial charge in [0.1, 0.15) is 12.4 Å². The monoisotopic (exact) mass is 584 g/mol. The molecule has 0 saturated carbocycles. The smallest absolute Gasteiger partial charge is 0.318 e. The Bertz CT molecular complexity index is 1580. The molecule has 2 atom stereocenters. The van der Waals surface area contributed by atoms with Crippen LogP contribution in [0.3, 0.4) is 0 Å². The van der Waals surface area contributed by atoms with Gasteiger partial charge in [-0.25, -0.2) is 4.39 Å².